The molecule has 0 radical (unpaired) electrons. The van der Waals surface area contributed by atoms with E-state index >= 15 is 0 Å². The molecule has 0 amide bonds. The summed E-state index contributed by atoms with van der Waals surface area (Å²) in [6, 6.07) is 7.75. The summed E-state index contributed by atoms with van der Waals surface area (Å²) >= 11 is 0. The van der Waals surface area contributed by atoms with Crippen LogP contribution in [0.2, 0.25) is 0 Å². The van der Waals surface area contributed by atoms with Crippen molar-refractivity contribution >= 4 is 0 Å². The Morgan fingerprint density at radius 1 is 1.05 bits per heavy atom. The predicted octanol–water partition coefficient (Wildman–Crippen LogP) is 4.89. The van der Waals surface area contributed by atoms with Gasteiger partial charge in [-0.15, -0.1) is 0 Å². The first-order valence-corrected chi connectivity index (χ1v) is 8.76. The van der Waals surface area contributed by atoms with E-state index in [4.69, 9.17) is 0 Å². The van der Waals surface area contributed by atoms with E-state index in [0.29, 0.717) is 16.9 Å². The van der Waals surface area contributed by atoms with Gasteiger partial charge in [-0.05, 0) is 61.6 Å². The Morgan fingerprint density at radius 2 is 1.71 bits per heavy atom. The van der Waals surface area contributed by atoms with Gasteiger partial charge in [-0.2, -0.15) is 0 Å². The summed E-state index contributed by atoms with van der Waals surface area (Å²) in [6.45, 7) is 10.1. The first-order chi connectivity index (χ1) is 9.95. The number of rotatable bonds is 4. The van der Waals surface area contributed by atoms with Crippen LogP contribution in [0.1, 0.15) is 69.1 Å². The normalized spacial score (nSPS) is 22.7. The standard InChI is InChI=1S/C20H31N/c1-15(2)21-14-20(12-19(13-20)9-5-6-10-19)18-8-7-16(3)17(4)11-18/h7-8,11,15,21H,5-6,9-10,12-14H2,1-4H3. The van der Waals surface area contributed by atoms with Gasteiger partial charge in [-0.3, -0.25) is 0 Å². The molecule has 21 heavy (non-hydrogen) atoms. The molecule has 0 unspecified atom stereocenters. The van der Waals surface area contributed by atoms with Crippen LogP contribution in [0.4, 0.5) is 0 Å². The minimum atomic E-state index is 0.396. The quantitative estimate of drug-likeness (QED) is 0.830. The van der Waals surface area contributed by atoms with E-state index in [9.17, 15) is 0 Å². The SMILES string of the molecule is Cc1ccc(C2(CNC(C)C)CC3(CCCC3)C2)cc1C. The van der Waals surface area contributed by atoms with Gasteiger partial charge in [0.25, 0.3) is 0 Å². The van der Waals surface area contributed by atoms with E-state index in [1.54, 1.807) is 5.56 Å². The first kappa shape index (κ1) is 15.1. The number of hydrogen-bond acceptors (Lipinski definition) is 1. The van der Waals surface area contributed by atoms with E-state index in [1.807, 2.05) is 0 Å². The summed E-state index contributed by atoms with van der Waals surface area (Å²) in [5.41, 5.74) is 5.53. The Morgan fingerprint density at radius 3 is 2.29 bits per heavy atom. The van der Waals surface area contributed by atoms with E-state index in [-0.39, 0.29) is 0 Å². The summed E-state index contributed by atoms with van der Waals surface area (Å²) in [4.78, 5) is 0. The van der Waals surface area contributed by atoms with E-state index in [1.165, 1.54) is 49.7 Å². The van der Waals surface area contributed by atoms with Crippen LogP contribution in [-0.2, 0) is 5.41 Å². The highest BCUT2D eigenvalue weighted by atomic mass is 14.9. The van der Waals surface area contributed by atoms with Crippen molar-refractivity contribution in [3.05, 3.63) is 34.9 Å². The molecule has 0 saturated heterocycles. The maximum absolute atomic E-state index is 3.73. The average Bonchev–Trinajstić information content (AvgIpc) is 2.87. The van der Waals surface area contributed by atoms with Gasteiger partial charge in [0.15, 0.2) is 0 Å². The van der Waals surface area contributed by atoms with Crippen LogP contribution in [0.3, 0.4) is 0 Å². The number of nitrogens with one attached hydrogen (secondary N) is 1. The molecule has 1 nitrogen and oxygen atoms in total. The Balaban J connectivity index is 1.84. The molecule has 0 bridgehead atoms. The summed E-state index contributed by atoms with van der Waals surface area (Å²) in [6.07, 6.45) is 8.67. The van der Waals surface area contributed by atoms with Gasteiger partial charge in [0.2, 0.25) is 0 Å². The van der Waals surface area contributed by atoms with Gasteiger partial charge in [0.05, 0.1) is 0 Å². The van der Waals surface area contributed by atoms with Crippen molar-refractivity contribution in [1.29, 1.82) is 0 Å². The topological polar surface area (TPSA) is 12.0 Å². The van der Waals surface area contributed by atoms with Gasteiger partial charge >= 0.3 is 0 Å². The molecule has 1 heteroatoms. The lowest BCUT2D eigenvalue weighted by Gasteiger charge is -2.56. The van der Waals surface area contributed by atoms with Crippen molar-refractivity contribution in [3.8, 4) is 0 Å². The molecule has 1 spiro atoms. The highest BCUT2D eigenvalue weighted by Crippen LogP contribution is 2.62. The highest BCUT2D eigenvalue weighted by molar-refractivity contribution is 5.38. The monoisotopic (exact) mass is 285 g/mol. The molecule has 2 fully saturated rings. The predicted molar refractivity (Wildman–Crippen MR) is 90.9 cm³/mol. The third kappa shape index (κ3) is 2.77. The summed E-state index contributed by atoms with van der Waals surface area (Å²) in [5, 5.41) is 3.73. The third-order valence-electron chi connectivity index (χ3n) is 6.06. The van der Waals surface area contributed by atoms with Crippen LogP contribution in [0, 0.1) is 19.3 Å². The molecule has 1 aromatic carbocycles. The fourth-order valence-corrected chi connectivity index (χ4v) is 4.76. The lowest BCUT2D eigenvalue weighted by atomic mass is 9.49. The average molecular weight is 285 g/mol. The van der Waals surface area contributed by atoms with Crippen molar-refractivity contribution in [2.75, 3.05) is 6.54 Å². The fourth-order valence-electron chi connectivity index (χ4n) is 4.76. The molecule has 0 aliphatic heterocycles. The smallest absolute Gasteiger partial charge is 0.00885 e. The van der Waals surface area contributed by atoms with Gasteiger partial charge in [-0.1, -0.05) is 44.9 Å². The minimum Gasteiger partial charge on any atom is -0.314 e. The molecule has 1 aromatic rings. The fraction of sp³-hybridized carbons (Fsp3) is 0.700. The van der Waals surface area contributed by atoms with Crippen LogP contribution in [0.15, 0.2) is 18.2 Å². The van der Waals surface area contributed by atoms with E-state index in [0.717, 1.165) is 6.54 Å². The van der Waals surface area contributed by atoms with Crippen LogP contribution < -0.4 is 5.32 Å². The van der Waals surface area contributed by atoms with Crippen molar-refractivity contribution in [1.82, 2.24) is 5.32 Å². The van der Waals surface area contributed by atoms with Crippen molar-refractivity contribution in [2.24, 2.45) is 5.41 Å². The Labute approximate surface area is 130 Å². The zero-order chi connectivity index (χ0) is 15.1. The largest absolute Gasteiger partial charge is 0.314 e. The second-order valence-corrected chi connectivity index (χ2v) is 8.18. The summed E-state index contributed by atoms with van der Waals surface area (Å²) in [5.74, 6) is 0. The van der Waals surface area contributed by atoms with E-state index in [2.05, 4.69) is 51.2 Å². The molecule has 116 valence electrons. The maximum Gasteiger partial charge on any atom is 0.00885 e. The van der Waals surface area contributed by atoms with Crippen molar-refractivity contribution in [2.45, 2.75) is 77.7 Å². The molecule has 1 N–H and O–H groups in total. The van der Waals surface area contributed by atoms with E-state index < -0.39 is 0 Å². The molecule has 3 rings (SSSR count). The maximum atomic E-state index is 3.73. The third-order valence-corrected chi connectivity index (χ3v) is 6.06. The van der Waals surface area contributed by atoms with Gasteiger partial charge in [0, 0.05) is 18.0 Å². The summed E-state index contributed by atoms with van der Waals surface area (Å²) < 4.78 is 0. The van der Waals surface area contributed by atoms with Gasteiger partial charge in [0.1, 0.15) is 0 Å². The van der Waals surface area contributed by atoms with Crippen LogP contribution >= 0.6 is 0 Å². The first-order valence-electron chi connectivity index (χ1n) is 8.76. The molecule has 2 saturated carbocycles. The van der Waals surface area contributed by atoms with Crippen molar-refractivity contribution < 1.29 is 0 Å². The zero-order valence-corrected chi connectivity index (χ0v) is 14.3. The molecule has 2 aliphatic carbocycles. The number of hydrogen-bond donors (Lipinski definition) is 1. The summed E-state index contributed by atoms with van der Waals surface area (Å²) in [7, 11) is 0. The molecule has 0 heterocycles. The highest BCUT2D eigenvalue weighted by Gasteiger charge is 2.55. The number of benzene rings is 1. The minimum absolute atomic E-state index is 0.396. The lowest BCUT2D eigenvalue weighted by Crippen LogP contribution is -2.54. The number of aryl methyl sites for hydroxylation is 2. The zero-order valence-electron chi connectivity index (χ0n) is 14.3. The molecular weight excluding hydrogens is 254 g/mol. The molecule has 0 atom stereocenters. The second kappa shape index (κ2) is 5.43. The molecule has 0 aromatic heterocycles. The Hall–Kier alpha value is -0.820. The second-order valence-electron chi connectivity index (χ2n) is 8.18. The molecular formula is C20H31N. The van der Waals surface area contributed by atoms with Crippen LogP contribution in [0.25, 0.3) is 0 Å². The Kier molecular flexibility index (Phi) is 3.90. The lowest BCUT2D eigenvalue weighted by molar-refractivity contribution is 0.0257. The van der Waals surface area contributed by atoms with Crippen LogP contribution in [0.5, 0.6) is 0 Å². The van der Waals surface area contributed by atoms with Crippen LogP contribution in [-0.4, -0.2) is 12.6 Å². The Bertz CT molecular complexity index is 501. The van der Waals surface area contributed by atoms with Crippen molar-refractivity contribution in [3.63, 3.8) is 0 Å². The molecule has 2 aliphatic rings. The van der Waals surface area contributed by atoms with Gasteiger partial charge in [-0.25, -0.2) is 0 Å². The van der Waals surface area contributed by atoms with Gasteiger partial charge < -0.3 is 5.32 Å².